The van der Waals surface area contributed by atoms with Gasteiger partial charge >= 0.3 is 0 Å². The second-order valence-corrected chi connectivity index (χ2v) is 6.96. The van der Waals surface area contributed by atoms with Crippen LogP contribution in [-0.4, -0.2) is 39.5 Å². The first-order chi connectivity index (χ1) is 9.00. The monoisotopic (exact) mass is 284 g/mol. The van der Waals surface area contributed by atoms with Crippen molar-refractivity contribution < 1.29 is 13.2 Å². The molecule has 0 heterocycles. The van der Waals surface area contributed by atoms with Crippen LogP contribution in [0.1, 0.15) is 12.8 Å². The van der Waals surface area contributed by atoms with Crippen molar-refractivity contribution in [1.29, 1.82) is 0 Å². The van der Waals surface area contributed by atoms with Crippen molar-refractivity contribution in [2.75, 3.05) is 32.5 Å². The van der Waals surface area contributed by atoms with E-state index in [4.69, 9.17) is 10.5 Å². The molecule has 1 aliphatic carbocycles. The molecular weight excluding hydrogens is 264 g/mol. The molecule has 6 heteroatoms. The Bertz CT molecular complexity index is 509. The van der Waals surface area contributed by atoms with Crippen LogP contribution in [0.3, 0.4) is 0 Å². The maximum Gasteiger partial charge on any atom is 0.242 e. The molecule has 2 N–H and O–H groups in total. The summed E-state index contributed by atoms with van der Waals surface area (Å²) in [5.74, 6) is 0.694. The number of nitrogens with zero attached hydrogens (tertiary/aromatic N) is 1. The lowest BCUT2D eigenvalue weighted by atomic mass is 10.3. The molecule has 0 atom stereocenters. The third-order valence-electron chi connectivity index (χ3n) is 3.19. The van der Waals surface area contributed by atoms with E-state index < -0.39 is 10.0 Å². The van der Waals surface area contributed by atoms with Crippen LogP contribution in [0.25, 0.3) is 0 Å². The van der Waals surface area contributed by atoms with Gasteiger partial charge in [0.1, 0.15) is 0 Å². The number of sulfonamides is 1. The highest BCUT2D eigenvalue weighted by atomic mass is 32.2. The lowest BCUT2D eigenvalue weighted by molar-refractivity contribution is 0.117. The van der Waals surface area contributed by atoms with Crippen molar-refractivity contribution in [3.05, 3.63) is 24.3 Å². The maximum atomic E-state index is 12.2. The largest absolute Gasteiger partial charge is 0.399 e. The number of likely N-dealkylation sites (N-methyl/N-ethyl adjacent to an activating group) is 1. The number of hydrogen-bond acceptors (Lipinski definition) is 4. The number of rotatable bonds is 7. The molecule has 1 aromatic carbocycles. The standard InChI is InChI=1S/C13H20N2O3S/c1-15(8-9-18-10-11-2-3-11)19(16,17)13-6-4-12(14)5-7-13/h4-7,11H,2-3,8-10,14H2,1H3. The zero-order valence-electron chi connectivity index (χ0n) is 11.1. The molecule has 19 heavy (non-hydrogen) atoms. The fourth-order valence-electron chi connectivity index (χ4n) is 1.67. The molecule has 1 saturated carbocycles. The van der Waals surface area contributed by atoms with Crippen molar-refractivity contribution in [2.45, 2.75) is 17.7 Å². The van der Waals surface area contributed by atoms with Crippen LogP contribution >= 0.6 is 0 Å². The van der Waals surface area contributed by atoms with Gasteiger partial charge in [0.15, 0.2) is 0 Å². The van der Waals surface area contributed by atoms with Crippen LogP contribution in [-0.2, 0) is 14.8 Å². The van der Waals surface area contributed by atoms with Crippen LogP contribution in [0.4, 0.5) is 5.69 Å². The van der Waals surface area contributed by atoms with Crippen LogP contribution < -0.4 is 5.73 Å². The second-order valence-electron chi connectivity index (χ2n) is 4.91. The normalized spacial score (nSPS) is 15.9. The quantitative estimate of drug-likeness (QED) is 0.605. The van der Waals surface area contributed by atoms with Gasteiger partial charge in [0.05, 0.1) is 11.5 Å². The minimum Gasteiger partial charge on any atom is -0.399 e. The molecule has 106 valence electrons. The first-order valence-corrected chi connectivity index (χ1v) is 7.84. The molecular formula is C13H20N2O3S. The topological polar surface area (TPSA) is 72.6 Å². The molecule has 5 nitrogen and oxygen atoms in total. The van der Waals surface area contributed by atoms with Gasteiger partial charge in [-0.25, -0.2) is 8.42 Å². The number of hydrogen-bond donors (Lipinski definition) is 1. The molecule has 0 saturated heterocycles. The summed E-state index contributed by atoms with van der Waals surface area (Å²) in [5, 5.41) is 0. The van der Waals surface area contributed by atoms with E-state index in [1.807, 2.05) is 0 Å². The van der Waals surface area contributed by atoms with Gasteiger partial charge in [-0.3, -0.25) is 0 Å². The van der Waals surface area contributed by atoms with E-state index in [0.29, 0.717) is 24.8 Å². The van der Waals surface area contributed by atoms with Crippen molar-refractivity contribution in [3.8, 4) is 0 Å². The number of benzene rings is 1. The minimum absolute atomic E-state index is 0.256. The Morgan fingerprint density at radius 1 is 1.32 bits per heavy atom. The van der Waals surface area contributed by atoms with Gasteiger partial charge in [-0.1, -0.05) is 0 Å². The van der Waals surface area contributed by atoms with E-state index in [9.17, 15) is 8.42 Å². The average molecular weight is 284 g/mol. The van der Waals surface area contributed by atoms with Gasteiger partial charge in [-0.05, 0) is 43.0 Å². The number of anilines is 1. The van der Waals surface area contributed by atoms with Gasteiger partial charge < -0.3 is 10.5 Å². The van der Waals surface area contributed by atoms with Crippen molar-refractivity contribution >= 4 is 15.7 Å². The average Bonchev–Trinajstić information content (AvgIpc) is 3.19. The predicted octanol–water partition coefficient (Wildman–Crippen LogP) is 1.32. The summed E-state index contributed by atoms with van der Waals surface area (Å²) >= 11 is 0. The Morgan fingerprint density at radius 3 is 2.53 bits per heavy atom. The highest BCUT2D eigenvalue weighted by Gasteiger charge is 2.22. The Kier molecular flexibility index (Phi) is 4.44. The van der Waals surface area contributed by atoms with E-state index in [0.717, 1.165) is 6.61 Å². The van der Waals surface area contributed by atoms with Gasteiger partial charge in [-0.15, -0.1) is 0 Å². The molecule has 0 bridgehead atoms. The molecule has 0 radical (unpaired) electrons. The van der Waals surface area contributed by atoms with Crippen LogP contribution in [0, 0.1) is 5.92 Å². The fraction of sp³-hybridized carbons (Fsp3) is 0.538. The third kappa shape index (κ3) is 3.92. The number of nitrogens with two attached hydrogens (primary N) is 1. The van der Waals surface area contributed by atoms with E-state index >= 15 is 0 Å². The summed E-state index contributed by atoms with van der Waals surface area (Å²) in [5.41, 5.74) is 6.10. The first-order valence-electron chi connectivity index (χ1n) is 6.40. The third-order valence-corrected chi connectivity index (χ3v) is 5.06. The summed E-state index contributed by atoms with van der Waals surface area (Å²) in [6, 6.07) is 6.22. The molecule has 0 aromatic heterocycles. The smallest absolute Gasteiger partial charge is 0.242 e. The Hall–Kier alpha value is -1.11. The summed E-state index contributed by atoms with van der Waals surface area (Å²) in [7, 11) is -1.88. The highest BCUT2D eigenvalue weighted by molar-refractivity contribution is 7.89. The highest BCUT2D eigenvalue weighted by Crippen LogP contribution is 2.28. The van der Waals surface area contributed by atoms with E-state index in [1.54, 1.807) is 19.2 Å². The van der Waals surface area contributed by atoms with E-state index in [1.165, 1.54) is 29.3 Å². The zero-order valence-corrected chi connectivity index (χ0v) is 11.9. The number of nitrogen functional groups attached to an aromatic ring is 1. The molecule has 0 unspecified atom stereocenters. The predicted molar refractivity (Wildman–Crippen MR) is 74.2 cm³/mol. The summed E-state index contributed by atoms with van der Waals surface area (Å²) in [6.45, 7) is 1.54. The maximum absolute atomic E-state index is 12.2. The Labute approximate surface area is 114 Å². The van der Waals surface area contributed by atoms with Crippen LogP contribution in [0.2, 0.25) is 0 Å². The SMILES string of the molecule is CN(CCOCC1CC1)S(=O)(=O)c1ccc(N)cc1. The zero-order chi connectivity index (χ0) is 13.9. The molecule has 0 amide bonds. The van der Waals surface area contributed by atoms with Crippen molar-refractivity contribution in [1.82, 2.24) is 4.31 Å². The lowest BCUT2D eigenvalue weighted by Gasteiger charge is -2.17. The van der Waals surface area contributed by atoms with Crippen LogP contribution in [0.5, 0.6) is 0 Å². The van der Waals surface area contributed by atoms with Gasteiger partial charge in [-0.2, -0.15) is 4.31 Å². The number of ether oxygens (including phenoxy) is 1. The van der Waals surface area contributed by atoms with Crippen LogP contribution in [0.15, 0.2) is 29.2 Å². The molecule has 1 aliphatic rings. The van der Waals surface area contributed by atoms with E-state index in [2.05, 4.69) is 0 Å². The van der Waals surface area contributed by atoms with Gasteiger partial charge in [0.25, 0.3) is 0 Å². The van der Waals surface area contributed by atoms with Gasteiger partial charge in [0, 0.05) is 25.9 Å². The second kappa shape index (κ2) is 5.90. The molecule has 0 aliphatic heterocycles. The van der Waals surface area contributed by atoms with Crippen molar-refractivity contribution in [3.63, 3.8) is 0 Å². The molecule has 1 aromatic rings. The Morgan fingerprint density at radius 2 is 1.95 bits per heavy atom. The lowest BCUT2D eigenvalue weighted by Crippen LogP contribution is -2.30. The summed E-state index contributed by atoms with van der Waals surface area (Å²) < 4.78 is 31.2. The molecule has 2 rings (SSSR count). The van der Waals surface area contributed by atoms with Gasteiger partial charge in [0.2, 0.25) is 10.0 Å². The minimum atomic E-state index is -3.44. The van der Waals surface area contributed by atoms with E-state index in [-0.39, 0.29) is 4.90 Å². The summed E-state index contributed by atoms with van der Waals surface area (Å²) in [6.07, 6.45) is 2.47. The molecule has 1 fully saturated rings. The Balaban J connectivity index is 1.88. The van der Waals surface area contributed by atoms with Crippen molar-refractivity contribution in [2.24, 2.45) is 5.92 Å². The first kappa shape index (κ1) is 14.3. The fourth-order valence-corrected chi connectivity index (χ4v) is 2.82. The summed E-state index contributed by atoms with van der Waals surface area (Å²) in [4.78, 5) is 0.256. The molecule has 0 spiro atoms.